The van der Waals surface area contributed by atoms with Crippen LogP contribution in [0.3, 0.4) is 0 Å². The quantitative estimate of drug-likeness (QED) is 0.793. The number of carbonyl (C=O) groups is 1. The molecule has 3 heteroatoms. The van der Waals surface area contributed by atoms with E-state index in [-0.39, 0.29) is 5.78 Å². The number of carbonyl (C=O) groups excluding carboxylic acids is 1. The van der Waals surface area contributed by atoms with Gasteiger partial charge in [0, 0.05) is 5.92 Å². The third kappa shape index (κ3) is 3.71. The molecule has 2 aromatic rings. The van der Waals surface area contributed by atoms with Crippen LogP contribution in [-0.4, -0.2) is 18.9 Å². The molecule has 5 rings (SSSR count). The van der Waals surface area contributed by atoms with Gasteiger partial charge in [0.1, 0.15) is 0 Å². The van der Waals surface area contributed by atoms with Crippen molar-refractivity contribution < 1.29 is 4.79 Å². The fourth-order valence-corrected chi connectivity index (χ4v) is 4.29. The third-order valence-corrected chi connectivity index (χ3v) is 5.64. The van der Waals surface area contributed by atoms with Crippen LogP contribution in [0.4, 0.5) is 0 Å². The first-order valence-electron chi connectivity index (χ1n) is 9.98. The lowest BCUT2D eigenvalue weighted by Crippen LogP contribution is -2.19. The predicted octanol–water partition coefficient (Wildman–Crippen LogP) is 4.14. The minimum absolute atomic E-state index is 0.120. The Kier molecular flexibility index (Phi) is 5.54. The van der Waals surface area contributed by atoms with Crippen molar-refractivity contribution >= 4 is 11.9 Å². The molecule has 0 aromatic heterocycles. The van der Waals surface area contributed by atoms with Crippen LogP contribution < -0.4 is 11.1 Å². The maximum Gasteiger partial charge on any atom is 0.174 e. The smallest absolute Gasteiger partial charge is 0.174 e. The van der Waals surface area contributed by atoms with Gasteiger partial charge in [-0.1, -0.05) is 54.6 Å². The molecule has 0 fully saturated rings. The van der Waals surface area contributed by atoms with Crippen LogP contribution in [-0.2, 0) is 17.6 Å². The number of benzene rings is 2. The monoisotopic (exact) mass is 370 g/mol. The minimum Gasteiger partial charge on any atom is -0.383 e. The average molecular weight is 370 g/mol. The van der Waals surface area contributed by atoms with Gasteiger partial charge < -0.3 is 11.1 Å². The second-order valence-corrected chi connectivity index (χ2v) is 7.39. The number of rotatable bonds is 1. The summed E-state index contributed by atoms with van der Waals surface area (Å²) in [6.45, 7) is 1.17. The Morgan fingerprint density at radius 3 is 2.79 bits per heavy atom. The zero-order valence-electron chi connectivity index (χ0n) is 16.0. The highest BCUT2D eigenvalue weighted by Gasteiger charge is 2.25. The normalized spacial score (nSPS) is 18.8. The summed E-state index contributed by atoms with van der Waals surface area (Å²) < 4.78 is 0. The molecule has 3 aliphatic rings. The van der Waals surface area contributed by atoms with E-state index in [2.05, 4.69) is 53.9 Å². The van der Waals surface area contributed by atoms with Gasteiger partial charge in [0.2, 0.25) is 0 Å². The molecule has 0 amide bonds. The van der Waals surface area contributed by atoms with Crippen LogP contribution in [0.15, 0.2) is 66.9 Å². The molecule has 0 saturated heterocycles. The Balaban J connectivity index is 0.000000203. The van der Waals surface area contributed by atoms with Crippen molar-refractivity contribution in [2.75, 3.05) is 13.1 Å². The zero-order valence-corrected chi connectivity index (χ0v) is 16.0. The number of hydrogen-bond acceptors (Lipinski definition) is 3. The predicted molar refractivity (Wildman–Crippen MR) is 116 cm³/mol. The molecule has 3 N–H and O–H groups in total. The molecular weight excluding hydrogens is 344 g/mol. The Hall–Kier alpha value is -2.91. The maximum atomic E-state index is 10.5. The van der Waals surface area contributed by atoms with Crippen molar-refractivity contribution in [1.82, 2.24) is 5.32 Å². The fraction of sp³-hybridized carbons (Fsp3) is 0.240. The van der Waals surface area contributed by atoms with Gasteiger partial charge >= 0.3 is 0 Å². The van der Waals surface area contributed by atoms with Crippen LogP contribution in [0.2, 0.25) is 0 Å². The lowest BCUT2D eigenvalue weighted by molar-refractivity contribution is -0.113. The summed E-state index contributed by atoms with van der Waals surface area (Å²) >= 11 is 0. The number of ketones is 1. The molecule has 1 atom stereocenters. The highest BCUT2D eigenvalue weighted by atomic mass is 16.1. The molecule has 2 aromatic carbocycles. The van der Waals surface area contributed by atoms with Gasteiger partial charge in [0.15, 0.2) is 5.78 Å². The zero-order chi connectivity index (χ0) is 19.3. The number of nitrogens with one attached hydrogen (secondary N) is 1. The molecule has 0 spiro atoms. The highest BCUT2D eigenvalue weighted by Crippen LogP contribution is 2.41. The van der Waals surface area contributed by atoms with Gasteiger partial charge in [-0.3, -0.25) is 4.79 Å². The van der Waals surface area contributed by atoms with Crippen molar-refractivity contribution in [3.63, 3.8) is 0 Å². The van der Waals surface area contributed by atoms with E-state index in [1.165, 1.54) is 27.8 Å². The lowest BCUT2D eigenvalue weighted by Gasteiger charge is -2.29. The molecule has 3 nitrogen and oxygen atoms in total. The summed E-state index contributed by atoms with van der Waals surface area (Å²) in [4.78, 5) is 10.5. The topological polar surface area (TPSA) is 55.1 Å². The average Bonchev–Trinajstić information content (AvgIpc) is 3.00. The summed E-state index contributed by atoms with van der Waals surface area (Å²) in [5, 5.41) is 2.80. The molecule has 28 heavy (non-hydrogen) atoms. The molecule has 1 heterocycles. The molecular formula is C25H26N2O. The standard InChI is InChI=1S/C19H19N.C6H7NO/c20-12-15-6-3-5-14-9-10-17-16-7-2-1-4-13(16)8-11-18(17)19(14)15;8-6-3-1-2-4-7-5-6/h1-5,7,9-10,15H,6,8,11-12,20H2;1-4,7H,5H2. The Morgan fingerprint density at radius 2 is 1.89 bits per heavy atom. The Labute approximate surface area is 166 Å². The summed E-state index contributed by atoms with van der Waals surface area (Å²) in [5.41, 5.74) is 14.8. The summed E-state index contributed by atoms with van der Waals surface area (Å²) in [6, 6.07) is 13.4. The third-order valence-electron chi connectivity index (χ3n) is 5.64. The second-order valence-electron chi connectivity index (χ2n) is 7.39. The Bertz CT molecular complexity index is 969. The number of fused-ring (bicyclic) bond motifs is 5. The summed E-state index contributed by atoms with van der Waals surface area (Å²) in [7, 11) is 0. The summed E-state index contributed by atoms with van der Waals surface area (Å²) in [6.07, 6.45) is 14.7. The van der Waals surface area contributed by atoms with E-state index >= 15 is 0 Å². The van der Waals surface area contributed by atoms with Crippen LogP contribution in [0.1, 0.15) is 34.6 Å². The molecule has 142 valence electrons. The van der Waals surface area contributed by atoms with Crippen molar-refractivity contribution in [1.29, 1.82) is 0 Å². The SMILES string of the molecule is NCC1CC=Cc2ccc3c(c21)CCc1ccccc1-3.O=C1C=CC=CNC1. The Morgan fingerprint density at radius 1 is 1.00 bits per heavy atom. The van der Waals surface area contributed by atoms with Gasteiger partial charge in [-0.2, -0.15) is 0 Å². The van der Waals surface area contributed by atoms with E-state index in [0.29, 0.717) is 12.5 Å². The van der Waals surface area contributed by atoms with E-state index < -0.39 is 0 Å². The largest absolute Gasteiger partial charge is 0.383 e. The molecule has 0 saturated carbocycles. The van der Waals surface area contributed by atoms with E-state index in [4.69, 9.17) is 5.73 Å². The minimum atomic E-state index is 0.120. The van der Waals surface area contributed by atoms with Crippen LogP contribution in [0, 0.1) is 0 Å². The van der Waals surface area contributed by atoms with E-state index in [9.17, 15) is 4.79 Å². The summed E-state index contributed by atoms with van der Waals surface area (Å²) in [5.74, 6) is 0.616. The van der Waals surface area contributed by atoms with Gasteiger partial charge in [0.05, 0.1) is 6.54 Å². The van der Waals surface area contributed by atoms with E-state index in [1.807, 2.05) is 0 Å². The maximum absolute atomic E-state index is 10.5. The van der Waals surface area contributed by atoms with E-state index in [0.717, 1.165) is 25.8 Å². The fourth-order valence-electron chi connectivity index (χ4n) is 4.29. The van der Waals surface area contributed by atoms with Crippen molar-refractivity contribution in [3.8, 4) is 11.1 Å². The van der Waals surface area contributed by atoms with Crippen LogP contribution in [0.5, 0.6) is 0 Å². The second kappa shape index (κ2) is 8.41. The molecule has 1 unspecified atom stereocenters. The highest BCUT2D eigenvalue weighted by molar-refractivity contribution is 5.92. The molecule has 0 bridgehead atoms. The first-order chi connectivity index (χ1) is 13.8. The van der Waals surface area contributed by atoms with Gasteiger partial charge in [0.25, 0.3) is 0 Å². The number of nitrogens with two attached hydrogens (primary N) is 1. The first-order valence-corrected chi connectivity index (χ1v) is 9.98. The number of allylic oxidation sites excluding steroid dienone is 3. The van der Waals surface area contributed by atoms with Gasteiger partial charge in [-0.25, -0.2) is 0 Å². The van der Waals surface area contributed by atoms with Gasteiger partial charge in [-0.15, -0.1) is 0 Å². The van der Waals surface area contributed by atoms with Crippen molar-refractivity contribution in [2.45, 2.75) is 25.2 Å². The number of hydrogen-bond donors (Lipinski definition) is 2. The van der Waals surface area contributed by atoms with Crippen molar-refractivity contribution in [2.24, 2.45) is 5.73 Å². The molecule has 0 radical (unpaired) electrons. The number of aryl methyl sites for hydroxylation is 1. The molecule has 1 aliphatic heterocycles. The molecule has 2 aliphatic carbocycles. The van der Waals surface area contributed by atoms with Crippen molar-refractivity contribution in [3.05, 3.63) is 89.2 Å². The van der Waals surface area contributed by atoms with Crippen LogP contribution in [0.25, 0.3) is 17.2 Å². The van der Waals surface area contributed by atoms with Crippen LogP contribution >= 0.6 is 0 Å². The van der Waals surface area contributed by atoms with E-state index in [1.54, 1.807) is 30.0 Å². The van der Waals surface area contributed by atoms with Gasteiger partial charge in [-0.05, 0) is 77.5 Å². The lowest BCUT2D eigenvalue weighted by atomic mass is 9.76. The first kappa shape index (κ1) is 18.5.